The molecule has 0 fully saturated rings. The van der Waals surface area contributed by atoms with Gasteiger partial charge in [-0.2, -0.15) is 5.10 Å². The quantitative estimate of drug-likeness (QED) is 0.482. The van der Waals surface area contributed by atoms with Crippen molar-refractivity contribution in [2.45, 2.75) is 13.5 Å². The van der Waals surface area contributed by atoms with Crippen LogP contribution in [0.4, 0.5) is 0 Å². The van der Waals surface area contributed by atoms with Crippen LogP contribution in [-0.4, -0.2) is 25.6 Å². The number of rotatable bonds is 2. The predicted molar refractivity (Wildman–Crippen MR) is 79.2 cm³/mol. The zero-order chi connectivity index (χ0) is 14.8. The van der Waals surface area contributed by atoms with Crippen LogP contribution in [0, 0.1) is 5.41 Å². The molecule has 3 N–H and O–H groups in total. The Morgan fingerprint density at radius 2 is 2.19 bits per heavy atom. The van der Waals surface area contributed by atoms with Gasteiger partial charge in [0.25, 0.3) is 0 Å². The molecule has 0 aliphatic rings. The smallest absolute Gasteiger partial charge is 0.307 e. The Bertz CT molecular complexity index is 930. The van der Waals surface area contributed by atoms with Crippen LogP contribution >= 0.6 is 0 Å². The minimum atomic E-state index is -0.357. The van der Waals surface area contributed by atoms with E-state index in [0.29, 0.717) is 16.6 Å². The summed E-state index contributed by atoms with van der Waals surface area (Å²) in [6.45, 7) is 2.70. The third-order valence-electron chi connectivity index (χ3n) is 3.12. The van der Waals surface area contributed by atoms with Gasteiger partial charge in [0.15, 0.2) is 5.84 Å². The number of nitrogens with one attached hydrogen (secondary N) is 3. The van der Waals surface area contributed by atoms with Gasteiger partial charge in [-0.15, -0.1) is 0 Å². The van der Waals surface area contributed by atoms with Crippen molar-refractivity contribution >= 4 is 16.7 Å². The van der Waals surface area contributed by atoms with E-state index in [9.17, 15) is 4.79 Å². The number of hydrogen-bond donors (Lipinski definition) is 3. The molecule has 0 saturated carbocycles. The molecular weight excluding hydrogens is 268 g/mol. The number of hydrogen-bond acceptors (Lipinski definition) is 3. The summed E-state index contributed by atoms with van der Waals surface area (Å²) in [5.74, 6) is 0.0571. The largest absolute Gasteiger partial charge is 0.324 e. The van der Waals surface area contributed by atoms with Gasteiger partial charge in [-0.05, 0) is 19.1 Å². The Hall–Kier alpha value is -2.96. The Labute approximate surface area is 119 Å². The van der Waals surface area contributed by atoms with Crippen LogP contribution in [0.15, 0.2) is 46.4 Å². The number of nitrogens with zero attached hydrogens (tertiary/aromatic N) is 3. The maximum absolute atomic E-state index is 11.6. The zero-order valence-corrected chi connectivity index (χ0v) is 11.4. The van der Waals surface area contributed by atoms with Gasteiger partial charge in [0, 0.05) is 18.1 Å². The van der Waals surface area contributed by atoms with E-state index in [1.54, 1.807) is 23.1 Å². The van der Waals surface area contributed by atoms with Crippen LogP contribution < -0.4 is 11.2 Å². The summed E-state index contributed by atoms with van der Waals surface area (Å²) in [6.07, 6.45) is 3.34. The van der Waals surface area contributed by atoms with Crippen LogP contribution in [0.2, 0.25) is 0 Å². The minimum Gasteiger partial charge on any atom is -0.307 e. The first-order valence-corrected chi connectivity index (χ1v) is 6.55. The number of fused-ring (bicyclic) bond motifs is 1. The van der Waals surface area contributed by atoms with E-state index in [1.807, 2.05) is 25.1 Å². The SMILES string of the molecule is CCn1cc(C(=N)/N=c2\[nH]c(=O)[nH]c3ccccc23)cn1. The van der Waals surface area contributed by atoms with E-state index >= 15 is 0 Å². The fourth-order valence-electron chi connectivity index (χ4n) is 2.05. The summed E-state index contributed by atoms with van der Waals surface area (Å²) in [5.41, 5.74) is 1.29. The highest BCUT2D eigenvalue weighted by molar-refractivity contribution is 5.97. The highest BCUT2D eigenvalue weighted by Crippen LogP contribution is 2.04. The lowest BCUT2D eigenvalue weighted by Gasteiger charge is -1.98. The van der Waals surface area contributed by atoms with Crippen molar-refractivity contribution in [3.8, 4) is 0 Å². The number of aromatic nitrogens is 4. The van der Waals surface area contributed by atoms with E-state index in [0.717, 1.165) is 11.9 Å². The molecular formula is C14H14N6O. The number of benzene rings is 1. The number of amidine groups is 1. The van der Waals surface area contributed by atoms with E-state index < -0.39 is 0 Å². The summed E-state index contributed by atoms with van der Waals surface area (Å²) in [4.78, 5) is 21.2. The Kier molecular flexibility index (Phi) is 3.23. The van der Waals surface area contributed by atoms with Crippen molar-refractivity contribution in [1.82, 2.24) is 19.7 Å². The second kappa shape index (κ2) is 5.20. The molecule has 1 aromatic carbocycles. The standard InChI is InChI=1S/C14H14N6O/c1-2-20-8-9(7-16-20)12(15)18-13-10-5-3-4-6-11(10)17-14(21)19-13/h3-8H,2H2,1H3,(H3,15,17,18,19,21). The molecule has 3 aromatic rings. The normalized spacial score (nSPS) is 12.0. The average molecular weight is 282 g/mol. The molecule has 21 heavy (non-hydrogen) atoms. The minimum absolute atomic E-state index is 0.0571. The third-order valence-corrected chi connectivity index (χ3v) is 3.12. The lowest BCUT2D eigenvalue weighted by molar-refractivity contribution is 0.660. The summed E-state index contributed by atoms with van der Waals surface area (Å²) in [7, 11) is 0. The Morgan fingerprint density at radius 3 is 2.95 bits per heavy atom. The van der Waals surface area contributed by atoms with Crippen LogP contribution in [0.25, 0.3) is 10.9 Å². The molecule has 0 radical (unpaired) electrons. The molecule has 3 rings (SSSR count). The van der Waals surface area contributed by atoms with Crippen LogP contribution in [0.5, 0.6) is 0 Å². The topological polar surface area (TPSA) is 103 Å². The van der Waals surface area contributed by atoms with Gasteiger partial charge in [0.2, 0.25) is 0 Å². The summed E-state index contributed by atoms with van der Waals surface area (Å²) in [5, 5.41) is 12.9. The van der Waals surface area contributed by atoms with Gasteiger partial charge < -0.3 is 4.98 Å². The molecule has 0 saturated heterocycles. The number of aromatic amines is 2. The molecule has 7 heteroatoms. The second-order valence-electron chi connectivity index (χ2n) is 4.52. The summed E-state index contributed by atoms with van der Waals surface area (Å²) >= 11 is 0. The van der Waals surface area contributed by atoms with Crippen molar-refractivity contribution in [1.29, 1.82) is 5.41 Å². The maximum atomic E-state index is 11.6. The lowest BCUT2D eigenvalue weighted by Crippen LogP contribution is -2.24. The second-order valence-corrected chi connectivity index (χ2v) is 4.52. The predicted octanol–water partition coefficient (Wildman–Crippen LogP) is 0.999. The Balaban J connectivity index is 2.15. The van der Waals surface area contributed by atoms with Gasteiger partial charge in [-0.25, -0.2) is 9.79 Å². The van der Waals surface area contributed by atoms with Crippen molar-refractivity contribution in [3.63, 3.8) is 0 Å². The molecule has 0 amide bonds. The van der Waals surface area contributed by atoms with E-state index in [2.05, 4.69) is 20.1 Å². The summed E-state index contributed by atoms with van der Waals surface area (Å²) in [6, 6.07) is 7.32. The lowest BCUT2D eigenvalue weighted by atomic mass is 10.2. The van der Waals surface area contributed by atoms with Gasteiger partial charge >= 0.3 is 5.69 Å². The highest BCUT2D eigenvalue weighted by Gasteiger charge is 2.04. The molecule has 0 unspecified atom stereocenters. The van der Waals surface area contributed by atoms with E-state index in [-0.39, 0.29) is 11.5 Å². The van der Waals surface area contributed by atoms with Crippen LogP contribution in [0.3, 0.4) is 0 Å². The average Bonchev–Trinajstić information content (AvgIpc) is 2.96. The van der Waals surface area contributed by atoms with Crippen molar-refractivity contribution < 1.29 is 0 Å². The monoisotopic (exact) mass is 282 g/mol. The first kappa shape index (κ1) is 13.0. The highest BCUT2D eigenvalue weighted by atomic mass is 16.1. The van der Waals surface area contributed by atoms with Crippen molar-refractivity contribution in [2.24, 2.45) is 4.99 Å². The molecule has 7 nitrogen and oxygen atoms in total. The van der Waals surface area contributed by atoms with Crippen LogP contribution in [-0.2, 0) is 6.54 Å². The van der Waals surface area contributed by atoms with Gasteiger partial charge in [0.05, 0.1) is 17.3 Å². The number of para-hydroxylation sites is 1. The first-order chi connectivity index (χ1) is 10.2. The molecule has 0 bridgehead atoms. The van der Waals surface area contributed by atoms with Gasteiger partial charge in [-0.3, -0.25) is 15.1 Å². The van der Waals surface area contributed by atoms with Gasteiger partial charge in [0.1, 0.15) is 5.49 Å². The fraction of sp³-hybridized carbons (Fsp3) is 0.143. The van der Waals surface area contributed by atoms with Crippen molar-refractivity contribution in [2.75, 3.05) is 0 Å². The number of aryl methyl sites for hydroxylation is 1. The molecule has 0 aliphatic heterocycles. The van der Waals surface area contributed by atoms with Gasteiger partial charge in [-0.1, -0.05) is 12.1 Å². The van der Waals surface area contributed by atoms with E-state index in [4.69, 9.17) is 5.41 Å². The summed E-state index contributed by atoms with van der Waals surface area (Å²) < 4.78 is 1.72. The molecule has 0 spiro atoms. The van der Waals surface area contributed by atoms with Crippen LogP contribution in [0.1, 0.15) is 12.5 Å². The fourth-order valence-corrected chi connectivity index (χ4v) is 2.05. The number of H-pyrrole nitrogens is 2. The maximum Gasteiger partial charge on any atom is 0.324 e. The molecule has 0 atom stereocenters. The van der Waals surface area contributed by atoms with E-state index in [1.165, 1.54) is 0 Å². The Morgan fingerprint density at radius 1 is 1.38 bits per heavy atom. The third kappa shape index (κ3) is 2.53. The zero-order valence-electron chi connectivity index (χ0n) is 11.4. The van der Waals surface area contributed by atoms with Crippen molar-refractivity contribution in [3.05, 3.63) is 58.2 Å². The molecule has 106 valence electrons. The molecule has 2 aromatic heterocycles. The first-order valence-electron chi connectivity index (χ1n) is 6.55. The molecule has 0 aliphatic carbocycles. The molecule has 2 heterocycles.